The molecule has 0 fully saturated rings. The molecule has 0 spiro atoms. The maximum atomic E-state index is 5.81. The maximum absolute atomic E-state index is 5.81. The van der Waals surface area contributed by atoms with E-state index in [1.54, 1.807) is 20.4 Å². The number of rotatable bonds is 4. The second-order valence-electron chi connectivity index (χ2n) is 4.20. The van der Waals surface area contributed by atoms with E-state index in [1.165, 1.54) is 0 Å². The molecule has 1 aromatic heterocycles. The number of hydrogen-bond acceptors (Lipinski definition) is 5. The third-order valence-corrected chi connectivity index (χ3v) is 3.92. The highest BCUT2D eigenvalue weighted by Gasteiger charge is 2.09. The Kier molecular flexibility index (Phi) is 4.34. The van der Waals surface area contributed by atoms with Crippen LogP contribution in [0.2, 0.25) is 0 Å². The monoisotopic (exact) mass is 337 g/mol. The lowest BCUT2D eigenvalue weighted by Crippen LogP contribution is -2.00. The maximum Gasteiger partial charge on any atom is 0.162 e. The zero-order chi connectivity index (χ0) is 14.7. The number of halogens is 1. The fourth-order valence-corrected chi connectivity index (χ4v) is 2.16. The van der Waals surface area contributed by atoms with Gasteiger partial charge in [0.05, 0.1) is 30.6 Å². The van der Waals surface area contributed by atoms with E-state index in [0.29, 0.717) is 23.0 Å². The van der Waals surface area contributed by atoms with Crippen molar-refractivity contribution >= 4 is 33.1 Å². The van der Waals surface area contributed by atoms with Crippen LogP contribution in [0.15, 0.2) is 28.9 Å². The van der Waals surface area contributed by atoms with Gasteiger partial charge in [0.25, 0.3) is 0 Å². The lowest BCUT2D eigenvalue weighted by Gasteiger charge is -2.13. The predicted octanol–water partition coefficient (Wildman–Crippen LogP) is 3.50. The first-order valence-corrected chi connectivity index (χ1v) is 6.75. The summed E-state index contributed by atoms with van der Waals surface area (Å²) in [5, 5.41) is 3.22. The molecule has 1 aromatic carbocycles. The van der Waals surface area contributed by atoms with Crippen molar-refractivity contribution in [3.8, 4) is 11.5 Å². The molecular formula is C14H16BrN3O2. The SMILES string of the molecule is COc1ccc(Nc2ncc(N)c(C)c2Br)cc1OC. The number of nitrogens with zero attached hydrogens (tertiary/aromatic N) is 1. The van der Waals surface area contributed by atoms with Crippen molar-refractivity contribution in [2.24, 2.45) is 0 Å². The summed E-state index contributed by atoms with van der Waals surface area (Å²) < 4.78 is 11.3. The number of pyridine rings is 1. The van der Waals surface area contributed by atoms with E-state index in [9.17, 15) is 0 Å². The molecule has 2 rings (SSSR count). The molecule has 0 saturated carbocycles. The van der Waals surface area contributed by atoms with Crippen LogP contribution < -0.4 is 20.5 Å². The quantitative estimate of drug-likeness (QED) is 0.893. The standard InChI is InChI=1S/C14H16BrN3O2/c1-8-10(16)7-17-14(13(8)15)18-9-4-5-11(19-2)12(6-9)20-3/h4-7H,16H2,1-3H3,(H,17,18). The van der Waals surface area contributed by atoms with Crippen LogP contribution in [0.5, 0.6) is 11.5 Å². The van der Waals surface area contributed by atoms with Crippen LogP contribution in [0.25, 0.3) is 0 Å². The fraction of sp³-hybridized carbons (Fsp3) is 0.214. The van der Waals surface area contributed by atoms with Gasteiger partial charge in [-0.2, -0.15) is 0 Å². The van der Waals surface area contributed by atoms with Crippen molar-refractivity contribution in [3.63, 3.8) is 0 Å². The largest absolute Gasteiger partial charge is 0.493 e. The number of benzene rings is 1. The summed E-state index contributed by atoms with van der Waals surface area (Å²) >= 11 is 3.49. The van der Waals surface area contributed by atoms with Gasteiger partial charge in [-0.05, 0) is 40.5 Å². The number of nitrogens with two attached hydrogens (primary N) is 1. The molecule has 2 aromatic rings. The summed E-state index contributed by atoms with van der Waals surface area (Å²) in [6.07, 6.45) is 1.63. The number of aromatic nitrogens is 1. The Morgan fingerprint density at radius 3 is 2.55 bits per heavy atom. The molecule has 0 unspecified atom stereocenters. The van der Waals surface area contributed by atoms with Gasteiger partial charge < -0.3 is 20.5 Å². The van der Waals surface area contributed by atoms with E-state index in [4.69, 9.17) is 15.2 Å². The van der Waals surface area contributed by atoms with Crippen LogP contribution in [0, 0.1) is 6.92 Å². The predicted molar refractivity (Wildman–Crippen MR) is 83.9 cm³/mol. The van der Waals surface area contributed by atoms with Crippen molar-refractivity contribution in [3.05, 3.63) is 34.4 Å². The molecule has 3 N–H and O–H groups in total. The van der Waals surface area contributed by atoms with Crippen LogP contribution in [0.3, 0.4) is 0 Å². The number of ether oxygens (including phenoxy) is 2. The van der Waals surface area contributed by atoms with Gasteiger partial charge in [0.2, 0.25) is 0 Å². The smallest absolute Gasteiger partial charge is 0.162 e. The summed E-state index contributed by atoms with van der Waals surface area (Å²) in [6, 6.07) is 5.57. The Balaban J connectivity index is 2.33. The second kappa shape index (κ2) is 6.00. The van der Waals surface area contributed by atoms with E-state index in [2.05, 4.69) is 26.2 Å². The number of nitrogens with one attached hydrogen (secondary N) is 1. The van der Waals surface area contributed by atoms with Gasteiger partial charge >= 0.3 is 0 Å². The molecule has 0 amide bonds. The Bertz CT molecular complexity index is 632. The molecule has 20 heavy (non-hydrogen) atoms. The molecular weight excluding hydrogens is 322 g/mol. The highest BCUT2D eigenvalue weighted by Crippen LogP contribution is 2.33. The Labute approximate surface area is 126 Å². The normalized spacial score (nSPS) is 10.2. The third kappa shape index (κ3) is 2.80. The fourth-order valence-electron chi connectivity index (χ4n) is 1.73. The van der Waals surface area contributed by atoms with Gasteiger partial charge in [-0.3, -0.25) is 0 Å². The van der Waals surface area contributed by atoms with Crippen LogP contribution in [0.1, 0.15) is 5.56 Å². The molecule has 0 aliphatic carbocycles. The molecule has 5 nitrogen and oxygen atoms in total. The van der Waals surface area contributed by atoms with Crippen molar-refractivity contribution in [2.75, 3.05) is 25.3 Å². The van der Waals surface area contributed by atoms with Crippen molar-refractivity contribution in [1.82, 2.24) is 4.98 Å². The molecule has 6 heteroatoms. The third-order valence-electron chi connectivity index (χ3n) is 2.95. The minimum Gasteiger partial charge on any atom is -0.493 e. The second-order valence-corrected chi connectivity index (χ2v) is 4.99. The zero-order valence-corrected chi connectivity index (χ0v) is 13.1. The lowest BCUT2D eigenvalue weighted by atomic mass is 10.2. The molecule has 0 radical (unpaired) electrons. The summed E-state index contributed by atoms with van der Waals surface area (Å²) in [5.41, 5.74) is 8.25. The Morgan fingerprint density at radius 2 is 1.90 bits per heavy atom. The molecule has 0 bridgehead atoms. The van der Waals surface area contributed by atoms with Crippen molar-refractivity contribution < 1.29 is 9.47 Å². The Hall–Kier alpha value is -1.95. The number of methoxy groups -OCH3 is 2. The number of hydrogen-bond donors (Lipinski definition) is 2. The summed E-state index contributed by atoms with van der Waals surface area (Å²) in [6.45, 7) is 1.93. The van der Waals surface area contributed by atoms with Gasteiger partial charge in [0.1, 0.15) is 5.82 Å². The summed E-state index contributed by atoms with van der Waals surface area (Å²) in [5.74, 6) is 2.03. The topological polar surface area (TPSA) is 69.4 Å². The van der Waals surface area contributed by atoms with E-state index in [-0.39, 0.29) is 0 Å². The molecule has 0 saturated heterocycles. The van der Waals surface area contributed by atoms with Crippen LogP contribution in [-0.4, -0.2) is 19.2 Å². The van der Waals surface area contributed by atoms with E-state index >= 15 is 0 Å². The zero-order valence-electron chi connectivity index (χ0n) is 11.5. The van der Waals surface area contributed by atoms with Crippen molar-refractivity contribution in [1.29, 1.82) is 0 Å². The van der Waals surface area contributed by atoms with E-state index in [1.807, 2.05) is 25.1 Å². The highest BCUT2D eigenvalue weighted by atomic mass is 79.9. The van der Waals surface area contributed by atoms with Gasteiger partial charge in [-0.25, -0.2) is 4.98 Å². The summed E-state index contributed by atoms with van der Waals surface area (Å²) in [4.78, 5) is 4.28. The first kappa shape index (κ1) is 14.5. The van der Waals surface area contributed by atoms with Crippen molar-refractivity contribution in [2.45, 2.75) is 6.92 Å². The van der Waals surface area contributed by atoms with E-state index in [0.717, 1.165) is 15.7 Å². The summed E-state index contributed by atoms with van der Waals surface area (Å²) in [7, 11) is 3.20. The Morgan fingerprint density at radius 1 is 1.20 bits per heavy atom. The molecule has 0 atom stereocenters. The first-order chi connectivity index (χ1) is 9.56. The minimum atomic E-state index is 0.648. The lowest BCUT2D eigenvalue weighted by molar-refractivity contribution is 0.355. The van der Waals surface area contributed by atoms with Crippen LogP contribution in [0.4, 0.5) is 17.2 Å². The molecule has 106 valence electrons. The van der Waals surface area contributed by atoms with E-state index < -0.39 is 0 Å². The molecule has 0 aliphatic rings. The molecule has 0 aliphatic heterocycles. The van der Waals surface area contributed by atoms with Gasteiger partial charge in [-0.1, -0.05) is 0 Å². The average Bonchev–Trinajstić information content (AvgIpc) is 2.47. The molecule has 1 heterocycles. The average molecular weight is 338 g/mol. The van der Waals surface area contributed by atoms with Gasteiger partial charge in [0.15, 0.2) is 11.5 Å². The number of anilines is 3. The minimum absolute atomic E-state index is 0.648. The van der Waals surface area contributed by atoms with Gasteiger partial charge in [0, 0.05) is 11.8 Å². The highest BCUT2D eigenvalue weighted by molar-refractivity contribution is 9.10. The van der Waals surface area contributed by atoms with Gasteiger partial charge in [-0.15, -0.1) is 0 Å². The van der Waals surface area contributed by atoms with Crippen LogP contribution >= 0.6 is 15.9 Å². The first-order valence-electron chi connectivity index (χ1n) is 5.96. The van der Waals surface area contributed by atoms with Crippen LogP contribution in [-0.2, 0) is 0 Å². The number of nitrogen functional groups attached to an aromatic ring is 1.